The van der Waals surface area contributed by atoms with Gasteiger partial charge in [-0.1, -0.05) is 0 Å². The largest absolute Gasteiger partial charge is 0.454 e. The molecule has 0 bridgehead atoms. The minimum absolute atomic E-state index is 0.00417. The summed E-state index contributed by atoms with van der Waals surface area (Å²) in [6, 6.07) is 9.14. The molecule has 7 nitrogen and oxygen atoms in total. The van der Waals surface area contributed by atoms with Gasteiger partial charge >= 0.3 is 0 Å². The monoisotopic (exact) mass is 298 g/mol. The number of aromatic nitrogens is 2. The number of hydrogen-bond donors (Lipinski definition) is 1. The van der Waals surface area contributed by atoms with Crippen molar-refractivity contribution >= 4 is 11.7 Å². The summed E-state index contributed by atoms with van der Waals surface area (Å²) in [4.78, 5) is 14.2. The molecule has 0 unspecified atom stereocenters. The molecule has 7 heteroatoms. The Morgan fingerprint density at radius 1 is 1.23 bits per heavy atom. The Bertz CT molecular complexity index is 701. The summed E-state index contributed by atoms with van der Waals surface area (Å²) < 4.78 is 10.5. The lowest BCUT2D eigenvalue weighted by Gasteiger charge is -2.39. The molecule has 1 amide bonds. The van der Waals surface area contributed by atoms with Crippen molar-refractivity contribution in [2.45, 2.75) is 6.04 Å². The maximum Gasteiger partial charge on any atom is 0.254 e. The van der Waals surface area contributed by atoms with Gasteiger partial charge in [0.15, 0.2) is 11.5 Å². The molecule has 2 aliphatic rings. The quantitative estimate of drug-likeness (QED) is 0.916. The summed E-state index contributed by atoms with van der Waals surface area (Å²) in [5.74, 6) is 2.03. The highest BCUT2D eigenvalue weighted by atomic mass is 16.7. The molecule has 1 aromatic carbocycles. The Balaban J connectivity index is 1.37. The van der Waals surface area contributed by atoms with E-state index in [2.05, 4.69) is 15.5 Å². The molecule has 2 aliphatic heterocycles. The van der Waals surface area contributed by atoms with Crippen LogP contribution in [-0.4, -0.2) is 46.9 Å². The van der Waals surface area contributed by atoms with Crippen LogP contribution in [0, 0.1) is 0 Å². The Kier molecular flexibility index (Phi) is 3.03. The number of carbonyl (C=O) groups excluding carboxylic acids is 1. The fraction of sp³-hybridized carbons (Fsp3) is 0.267. The van der Waals surface area contributed by atoms with Gasteiger partial charge in [0, 0.05) is 24.8 Å². The number of ether oxygens (including phenoxy) is 2. The molecule has 112 valence electrons. The molecule has 0 aliphatic carbocycles. The van der Waals surface area contributed by atoms with Crippen LogP contribution in [0.15, 0.2) is 36.5 Å². The number of nitrogens with zero attached hydrogens (tertiary/aromatic N) is 3. The van der Waals surface area contributed by atoms with Crippen molar-refractivity contribution in [2.24, 2.45) is 0 Å². The summed E-state index contributed by atoms with van der Waals surface area (Å²) in [5.41, 5.74) is 0.613. The van der Waals surface area contributed by atoms with E-state index in [1.807, 2.05) is 12.1 Å². The summed E-state index contributed by atoms with van der Waals surface area (Å²) in [7, 11) is 0. The fourth-order valence-corrected chi connectivity index (χ4v) is 2.54. The second-order valence-corrected chi connectivity index (χ2v) is 5.23. The molecule has 1 N–H and O–H groups in total. The smallest absolute Gasteiger partial charge is 0.254 e. The number of amides is 1. The van der Waals surface area contributed by atoms with Gasteiger partial charge in [-0.3, -0.25) is 4.79 Å². The van der Waals surface area contributed by atoms with Crippen molar-refractivity contribution in [3.8, 4) is 11.5 Å². The van der Waals surface area contributed by atoms with Crippen LogP contribution in [0.25, 0.3) is 0 Å². The molecular weight excluding hydrogens is 284 g/mol. The fourth-order valence-electron chi connectivity index (χ4n) is 2.54. The number of hydrogen-bond acceptors (Lipinski definition) is 6. The summed E-state index contributed by atoms with van der Waals surface area (Å²) in [5, 5.41) is 11.0. The van der Waals surface area contributed by atoms with Gasteiger partial charge < -0.3 is 19.7 Å². The van der Waals surface area contributed by atoms with Crippen molar-refractivity contribution in [2.75, 3.05) is 25.2 Å². The van der Waals surface area contributed by atoms with E-state index in [1.165, 1.54) is 0 Å². The average Bonchev–Trinajstić information content (AvgIpc) is 2.98. The zero-order valence-electron chi connectivity index (χ0n) is 11.7. The zero-order valence-corrected chi connectivity index (χ0v) is 11.7. The second kappa shape index (κ2) is 5.18. The van der Waals surface area contributed by atoms with Crippen LogP contribution >= 0.6 is 0 Å². The van der Waals surface area contributed by atoms with Crippen LogP contribution in [0.3, 0.4) is 0 Å². The van der Waals surface area contributed by atoms with E-state index in [9.17, 15) is 4.79 Å². The van der Waals surface area contributed by atoms with Crippen molar-refractivity contribution < 1.29 is 14.3 Å². The number of likely N-dealkylation sites (tertiary alicyclic amines) is 1. The number of carbonyl (C=O) groups is 1. The predicted octanol–water partition coefficient (Wildman–Crippen LogP) is 1.14. The standard InChI is InChI=1S/C15H14N4O3/c20-15(10-3-4-12-13(6-10)22-9-21-12)19-7-11(8-19)17-14-2-1-5-16-18-14/h1-6,11H,7-9H2,(H,17,18). The normalized spacial score (nSPS) is 16.3. The van der Waals surface area contributed by atoms with Crippen LogP contribution in [0.4, 0.5) is 5.82 Å². The highest BCUT2D eigenvalue weighted by molar-refractivity contribution is 5.95. The Morgan fingerprint density at radius 2 is 2.09 bits per heavy atom. The third kappa shape index (κ3) is 2.30. The van der Waals surface area contributed by atoms with E-state index in [-0.39, 0.29) is 18.7 Å². The van der Waals surface area contributed by atoms with Crippen molar-refractivity contribution in [1.29, 1.82) is 0 Å². The van der Waals surface area contributed by atoms with Crippen LogP contribution in [0.1, 0.15) is 10.4 Å². The highest BCUT2D eigenvalue weighted by Crippen LogP contribution is 2.33. The van der Waals surface area contributed by atoms with Crippen LogP contribution in [-0.2, 0) is 0 Å². The van der Waals surface area contributed by atoms with E-state index < -0.39 is 0 Å². The maximum atomic E-state index is 12.4. The molecule has 0 spiro atoms. The van der Waals surface area contributed by atoms with E-state index in [0.717, 1.165) is 5.82 Å². The van der Waals surface area contributed by atoms with E-state index in [0.29, 0.717) is 30.2 Å². The molecule has 0 radical (unpaired) electrons. The number of benzene rings is 1. The lowest BCUT2D eigenvalue weighted by molar-refractivity contribution is 0.0624. The predicted molar refractivity (Wildman–Crippen MR) is 77.9 cm³/mol. The van der Waals surface area contributed by atoms with E-state index in [4.69, 9.17) is 9.47 Å². The van der Waals surface area contributed by atoms with Gasteiger partial charge in [-0.25, -0.2) is 0 Å². The third-order valence-corrected chi connectivity index (χ3v) is 3.71. The molecule has 3 heterocycles. The first-order valence-corrected chi connectivity index (χ1v) is 7.03. The molecular formula is C15H14N4O3. The maximum absolute atomic E-state index is 12.4. The van der Waals surface area contributed by atoms with Crippen LogP contribution in [0.5, 0.6) is 11.5 Å². The Labute approximate surface area is 126 Å². The molecule has 1 aromatic heterocycles. The zero-order chi connectivity index (χ0) is 14.9. The molecule has 1 saturated heterocycles. The molecule has 1 fully saturated rings. The summed E-state index contributed by atoms with van der Waals surface area (Å²) in [6.07, 6.45) is 1.63. The lowest BCUT2D eigenvalue weighted by atomic mass is 10.1. The molecule has 2 aromatic rings. The van der Waals surface area contributed by atoms with E-state index in [1.54, 1.807) is 29.3 Å². The topological polar surface area (TPSA) is 76.6 Å². The number of rotatable bonds is 3. The first kappa shape index (κ1) is 12.9. The van der Waals surface area contributed by atoms with Gasteiger partial charge in [-0.2, -0.15) is 5.10 Å². The average molecular weight is 298 g/mol. The first-order chi connectivity index (χ1) is 10.8. The molecule has 0 saturated carbocycles. The second-order valence-electron chi connectivity index (χ2n) is 5.23. The summed E-state index contributed by atoms with van der Waals surface area (Å²) >= 11 is 0. The van der Waals surface area contributed by atoms with Gasteiger partial charge in [-0.05, 0) is 30.3 Å². The minimum Gasteiger partial charge on any atom is -0.454 e. The van der Waals surface area contributed by atoms with Crippen molar-refractivity contribution in [3.63, 3.8) is 0 Å². The molecule has 4 rings (SSSR count). The number of nitrogens with one attached hydrogen (secondary N) is 1. The van der Waals surface area contributed by atoms with Gasteiger partial charge in [-0.15, -0.1) is 5.10 Å². The van der Waals surface area contributed by atoms with Crippen LogP contribution < -0.4 is 14.8 Å². The van der Waals surface area contributed by atoms with E-state index >= 15 is 0 Å². The minimum atomic E-state index is -0.00417. The number of anilines is 1. The van der Waals surface area contributed by atoms with Gasteiger partial charge in [0.1, 0.15) is 5.82 Å². The lowest BCUT2D eigenvalue weighted by Crippen LogP contribution is -2.57. The molecule has 22 heavy (non-hydrogen) atoms. The Hall–Kier alpha value is -2.83. The molecule has 0 atom stereocenters. The van der Waals surface area contributed by atoms with Crippen LogP contribution in [0.2, 0.25) is 0 Å². The van der Waals surface area contributed by atoms with Gasteiger partial charge in [0.05, 0.1) is 6.04 Å². The van der Waals surface area contributed by atoms with Crippen molar-refractivity contribution in [1.82, 2.24) is 15.1 Å². The van der Waals surface area contributed by atoms with Gasteiger partial charge in [0.25, 0.3) is 5.91 Å². The number of fused-ring (bicyclic) bond motifs is 1. The summed E-state index contributed by atoms with van der Waals surface area (Å²) in [6.45, 7) is 1.49. The Morgan fingerprint density at radius 3 is 2.91 bits per heavy atom. The van der Waals surface area contributed by atoms with Gasteiger partial charge in [0.2, 0.25) is 6.79 Å². The third-order valence-electron chi connectivity index (χ3n) is 3.71. The highest BCUT2D eigenvalue weighted by Gasteiger charge is 2.32. The first-order valence-electron chi connectivity index (χ1n) is 7.03. The van der Waals surface area contributed by atoms with Crippen molar-refractivity contribution in [3.05, 3.63) is 42.1 Å². The SMILES string of the molecule is O=C(c1ccc2c(c1)OCO2)N1CC(Nc2cccnn2)C1.